The minimum atomic E-state index is -4.59. The Hall–Kier alpha value is -2.98. The molecule has 0 aliphatic heterocycles. The van der Waals surface area contributed by atoms with Gasteiger partial charge >= 0.3 is 6.18 Å². The minimum Gasteiger partial charge on any atom is -0.508 e. The molecule has 0 bridgehead atoms. The van der Waals surface area contributed by atoms with Crippen LogP contribution in [0.5, 0.6) is 5.75 Å². The fraction of sp³-hybridized carbons (Fsp3) is 0.0588. The van der Waals surface area contributed by atoms with E-state index >= 15 is 0 Å². The van der Waals surface area contributed by atoms with E-state index in [-0.39, 0.29) is 22.0 Å². The van der Waals surface area contributed by atoms with Crippen molar-refractivity contribution in [3.05, 3.63) is 64.2 Å². The van der Waals surface area contributed by atoms with Gasteiger partial charge in [0.05, 0.1) is 16.3 Å². The number of nitrogens with one attached hydrogen (secondary N) is 1. The summed E-state index contributed by atoms with van der Waals surface area (Å²) < 4.78 is 38.2. The molecule has 0 aromatic heterocycles. The molecule has 8 heteroatoms. The van der Waals surface area contributed by atoms with E-state index in [2.05, 4.69) is 5.32 Å². The third-order valence-corrected chi connectivity index (χ3v) is 3.44. The number of carbonyl (C=O) groups is 1. The average molecular weight is 367 g/mol. The summed E-state index contributed by atoms with van der Waals surface area (Å²) in [6.45, 7) is 0. The number of hydrogen-bond acceptors (Lipinski definition) is 3. The van der Waals surface area contributed by atoms with Gasteiger partial charge in [0.25, 0.3) is 5.91 Å². The predicted molar refractivity (Wildman–Crippen MR) is 86.8 cm³/mol. The van der Waals surface area contributed by atoms with Crippen molar-refractivity contribution in [2.75, 3.05) is 5.32 Å². The fourth-order valence-corrected chi connectivity index (χ4v) is 2.04. The van der Waals surface area contributed by atoms with Gasteiger partial charge in [-0.2, -0.15) is 18.4 Å². The molecule has 0 saturated heterocycles. The smallest absolute Gasteiger partial charge is 0.416 e. The van der Waals surface area contributed by atoms with Crippen LogP contribution in [0.4, 0.5) is 18.9 Å². The number of hydrogen-bond donors (Lipinski definition) is 2. The Morgan fingerprint density at radius 3 is 2.40 bits per heavy atom. The molecule has 0 fully saturated rings. The summed E-state index contributed by atoms with van der Waals surface area (Å²) in [4.78, 5) is 12.1. The van der Waals surface area contributed by atoms with Crippen LogP contribution in [0.1, 0.15) is 11.1 Å². The number of phenolic OH excluding ortho intramolecular Hbond substituents is 1. The van der Waals surface area contributed by atoms with E-state index in [1.54, 1.807) is 6.07 Å². The van der Waals surface area contributed by atoms with Crippen LogP contribution in [0.2, 0.25) is 5.02 Å². The minimum absolute atomic E-state index is 0.0101. The molecule has 2 aromatic carbocycles. The van der Waals surface area contributed by atoms with Gasteiger partial charge < -0.3 is 10.4 Å². The SMILES string of the molecule is N#C/C(=C\c1ccc(O)cc1)C(=O)Nc1cc(C(F)(F)F)ccc1Cl. The Labute approximate surface area is 145 Å². The fourth-order valence-electron chi connectivity index (χ4n) is 1.87. The Balaban J connectivity index is 2.28. The number of nitrogens with zero attached hydrogens (tertiary/aromatic N) is 1. The second kappa shape index (κ2) is 7.28. The molecule has 0 aliphatic carbocycles. The first-order chi connectivity index (χ1) is 11.7. The predicted octanol–water partition coefficient (Wildman–Crippen LogP) is 4.61. The number of amides is 1. The van der Waals surface area contributed by atoms with Crippen LogP contribution in [0, 0.1) is 11.3 Å². The number of phenols is 1. The van der Waals surface area contributed by atoms with E-state index in [0.29, 0.717) is 11.6 Å². The molecule has 0 aliphatic rings. The van der Waals surface area contributed by atoms with Gasteiger partial charge in [0.1, 0.15) is 17.4 Å². The van der Waals surface area contributed by atoms with Crippen molar-refractivity contribution < 1.29 is 23.1 Å². The highest BCUT2D eigenvalue weighted by molar-refractivity contribution is 6.34. The lowest BCUT2D eigenvalue weighted by atomic mass is 10.1. The first kappa shape index (κ1) is 18.4. The van der Waals surface area contributed by atoms with E-state index in [4.69, 9.17) is 16.9 Å². The molecule has 0 unspecified atom stereocenters. The lowest BCUT2D eigenvalue weighted by Crippen LogP contribution is -2.15. The summed E-state index contributed by atoms with van der Waals surface area (Å²) in [5.74, 6) is -0.896. The van der Waals surface area contributed by atoms with E-state index in [1.165, 1.54) is 30.3 Å². The lowest BCUT2D eigenvalue weighted by molar-refractivity contribution is -0.137. The maximum absolute atomic E-state index is 12.7. The molecular formula is C17H10ClF3N2O2. The van der Waals surface area contributed by atoms with Gasteiger partial charge in [0.2, 0.25) is 0 Å². The Morgan fingerprint density at radius 2 is 1.84 bits per heavy atom. The maximum Gasteiger partial charge on any atom is 0.416 e. The van der Waals surface area contributed by atoms with Gasteiger partial charge in [0, 0.05) is 0 Å². The highest BCUT2D eigenvalue weighted by Gasteiger charge is 2.31. The Morgan fingerprint density at radius 1 is 1.20 bits per heavy atom. The molecule has 25 heavy (non-hydrogen) atoms. The van der Waals surface area contributed by atoms with Crippen LogP contribution >= 0.6 is 11.6 Å². The van der Waals surface area contributed by atoms with Gasteiger partial charge in [-0.3, -0.25) is 4.79 Å². The number of carbonyl (C=O) groups excluding carboxylic acids is 1. The number of halogens is 4. The molecule has 0 saturated carbocycles. The third kappa shape index (κ3) is 4.75. The normalized spacial score (nSPS) is 11.7. The summed E-state index contributed by atoms with van der Waals surface area (Å²) in [6.07, 6.45) is -3.36. The van der Waals surface area contributed by atoms with Crippen LogP contribution in [0.25, 0.3) is 6.08 Å². The summed E-state index contributed by atoms with van der Waals surface area (Å²) >= 11 is 5.80. The Bertz CT molecular complexity index is 869. The van der Waals surface area contributed by atoms with Gasteiger partial charge in [-0.15, -0.1) is 0 Å². The molecular weight excluding hydrogens is 357 g/mol. The number of benzene rings is 2. The van der Waals surface area contributed by atoms with Crippen molar-refractivity contribution in [1.82, 2.24) is 0 Å². The van der Waals surface area contributed by atoms with Crippen LogP contribution in [0.15, 0.2) is 48.0 Å². The van der Waals surface area contributed by atoms with Crippen LogP contribution in [-0.2, 0) is 11.0 Å². The standard InChI is InChI=1S/C17H10ClF3N2O2/c18-14-6-3-12(17(19,20)21)8-15(14)23-16(25)11(9-22)7-10-1-4-13(24)5-2-10/h1-8,24H,(H,23,25)/b11-7+. The third-order valence-electron chi connectivity index (χ3n) is 3.11. The second-order valence-corrected chi connectivity index (χ2v) is 5.32. The zero-order valence-electron chi connectivity index (χ0n) is 12.4. The van der Waals surface area contributed by atoms with Crippen LogP contribution in [0.3, 0.4) is 0 Å². The molecule has 0 radical (unpaired) electrons. The molecule has 0 spiro atoms. The summed E-state index contributed by atoms with van der Waals surface area (Å²) in [5.41, 5.74) is -1.11. The summed E-state index contributed by atoms with van der Waals surface area (Å²) in [5, 5.41) is 20.4. The molecule has 128 valence electrons. The van der Waals surface area contributed by atoms with Crippen molar-refractivity contribution in [3.8, 4) is 11.8 Å². The van der Waals surface area contributed by atoms with Crippen LogP contribution in [-0.4, -0.2) is 11.0 Å². The quantitative estimate of drug-likeness (QED) is 0.615. The number of aromatic hydroxyl groups is 1. The van der Waals surface area contributed by atoms with Crippen molar-refractivity contribution in [1.29, 1.82) is 5.26 Å². The number of nitriles is 1. The maximum atomic E-state index is 12.7. The van der Waals surface area contributed by atoms with E-state index in [0.717, 1.165) is 12.1 Å². The van der Waals surface area contributed by atoms with E-state index < -0.39 is 17.6 Å². The first-order valence-electron chi connectivity index (χ1n) is 6.79. The van der Waals surface area contributed by atoms with Crippen molar-refractivity contribution in [2.45, 2.75) is 6.18 Å². The molecule has 2 rings (SSSR count). The molecule has 0 heterocycles. The van der Waals surface area contributed by atoms with Gasteiger partial charge in [-0.1, -0.05) is 23.7 Å². The largest absolute Gasteiger partial charge is 0.508 e. The molecule has 0 atom stereocenters. The van der Waals surface area contributed by atoms with Crippen molar-refractivity contribution in [2.24, 2.45) is 0 Å². The highest BCUT2D eigenvalue weighted by atomic mass is 35.5. The van der Waals surface area contributed by atoms with Crippen molar-refractivity contribution >= 4 is 29.3 Å². The highest BCUT2D eigenvalue weighted by Crippen LogP contribution is 2.34. The number of rotatable bonds is 3. The number of anilines is 1. The van der Waals surface area contributed by atoms with Gasteiger partial charge in [-0.25, -0.2) is 0 Å². The van der Waals surface area contributed by atoms with Gasteiger partial charge in [-0.05, 0) is 42.0 Å². The number of alkyl halides is 3. The Kier molecular flexibility index (Phi) is 5.35. The lowest BCUT2D eigenvalue weighted by Gasteiger charge is -2.11. The zero-order valence-corrected chi connectivity index (χ0v) is 13.2. The van der Waals surface area contributed by atoms with Crippen molar-refractivity contribution in [3.63, 3.8) is 0 Å². The molecule has 2 N–H and O–H groups in total. The average Bonchev–Trinajstić information content (AvgIpc) is 2.55. The topological polar surface area (TPSA) is 73.1 Å². The zero-order chi connectivity index (χ0) is 18.6. The van der Waals surface area contributed by atoms with Crippen LogP contribution < -0.4 is 5.32 Å². The molecule has 4 nitrogen and oxygen atoms in total. The molecule has 2 aromatic rings. The first-order valence-corrected chi connectivity index (χ1v) is 7.17. The summed E-state index contributed by atoms with van der Waals surface area (Å²) in [6, 6.07) is 9.82. The van der Waals surface area contributed by atoms with E-state index in [9.17, 15) is 23.1 Å². The monoisotopic (exact) mass is 366 g/mol. The second-order valence-electron chi connectivity index (χ2n) is 4.91. The summed E-state index contributed by atoms with van der Waals surface area (Å²) in [7, 11) is 0. The van der Waals surface area contributed by atoms with E-state index in [1.807, 2.05) is 0 Å². The van der Waals surface area contributed by atoms with Gasteiger partial charge in [0.15, 0.2) is 0 Å². The molecule has 1 amide bonds.